The van der Waals surface area contributed by atoms with Crippen molar-refractivity contribution < 1.29 is 9.53 Å². The van der Waals surface area contributed by atoms with Crippen molar-refractivity contribution in [1.82, 2.24) is 4.90 Å². The number of nitrogens with two attached hydrogens (primary N) is 1. The number of likely N-dealkylation sites (tertiary alicyclic amines) is 1. The van der Waals surface area contributed by atoms with Crippen molar-refractivity contribution in [3.8, 4) is 5.75 Å². The van der Waals surface area contributed by atoms with Crippen molar-refractivity contribution in [3.63, 3.8) is 0 Å². The number of piperidine rings is 1. The summed E-state index contributed by atoms with van der Waals surface area (Å²) in [6.07, 6.45) is 2.39. The molecule has 1 aliphatic heterocycles. The summed E-state index contributed by atoms with van der Waals surface area (Å²) in [6.45, 7) is 5.81. The molecule has 5 heteroatoms. The van der Waals surface area contributed by atoms with Crippen molar-refractivity contribution in [2.75, 3.05) is 31.2 Å². The van der Waals surface area contributed by atoms with Crippen molar-refractivity contribution >= 4 is 17.3 Å². The quantitative estimate of drug-likeness (QED) is 0.836. The summed E-state index contributed by atoms with van der Waals surface area (Å²) in [5.41, 5.74) is 7.07. The van der Waals surface area contributed by atoms with Crippen LogP contribution in [0.4, 0.5) is 11.4 Å². The second-order valence-corrected chi connectivity index (χ2v) is 5.96. The molecule has 116 valence electrons. The molecule has 0 spiro atoms. The average Bonchev–Trinajstić information content (AvgIpc) is 2.45. The van der Waals surface area contributed by atoms with Crippen LogP contribution in [0.3, 0.4) is 0 Å². The molecule has 0 aromatic heterocycles. The SMILES string of the molecule is COc1ccc(NC(=O)CN2CC(C)CCC2C)c(N)c1. The molecule has 2 unspecified atom stereocenters. The Bertz CT molecular complexity index is 504. The predicted molar refractivity (Wildman–Crippen MR) is 85.5 cm³/mol. The number of amides is 1. The summed E-state index contributed by atoms with van der Waals surface area (Å²) in [6, 6.07) is 5.73. The van der Waals surface area contributed by atoms with E-state index in [-0.39, 0.29) is 5.91 Å². The lowest BCUT2D eigenvalue weighted by Crippen LogP contribution is -2.45. The van der Waals surface area contributed by atoms with Crippen LogP contribution >= 0.6 is 0 Å². The molecule has 1 aromatic carbocycles. The van der Waals surface area contributed by atoms with Gasteiger partial charge < -0.3 is 15.8 Å². The van der Waals surface area contributed by atoms with Gasteiger partial charge in [0.05, 0.1) is 25.0 Å². The van der Waals surface area contributed by atoms with Gasteiger partial charge in [0.1, 0.15) is 5.75 Å². The first kappa shape index (κ1) is 15.6. The first-order valence-electron chi connectivity index (χ1n) is 7.47. The van der Waals surface area contributed by atoms with E-state index in [0.717, 1.165) is 13.0 Å². The van der Waals surface area contributed by atoms with Crippen molar-refractivity contribution in [1.29, 1.82) is 0 Å². The maximum atomic E-state index is 12.2. The monoisotopic (exact) mass is 291 g/mol. The van der Waals surface area contributed by atoms with E-state index in [4.69, 9.17) is 10.5 Å². The number of ether oxygens (including phenoxy) is 1. The smallest absolute Gasteiger partial charge is 0.238 e. The topological polar surface area (TPSA) is 67.6 Å². The predicted octanol–water partition coefficient (Wildman–Crippen LogP) is 2.34. The Hall–Kier alpha value is -1.75. The van der Waals surface area contributed by atoms with E-state index < -0.39 is 0 Å². The van der Waals surface area contributed by atoms with Gasteiger partial charge in [-0.3, -0.25) is 9.69 Å². The average molecular weight is 291 g/mol. The molecule has 5 nitrogen and oxygen atoms in total. The zero-order chi connectivity index (χ0) is 15.4. The molecule has 1 aliphatic rings. The number of nitrogen functional groups attached to an aromatic ring is 1. The number of hydrogen-bond donors (Lipinski definition) is 2. The molecule has 2 atom stereocenters. The van der Waals surface area contributed by atoms with Crippen LogP contribution in [0.25, 0.3) is 0 Å². The fourth-order valence-corrected chi connectivity index (χ4v) is 2.76. The zero-order valence-corrected chi connectivity index (χ0v) is 13.1. The first-order chi connectivity index (χ1) is 9.99. The lowest BCUT2D eigenvalue weighted by Gasteiger charge is -2.36. The van der Waals surface area contributed by atoms with Crippen LogP contribution < -0.4 is 15.8 Å². The summed E-state index contributed by atoms with van der Waals surface area (Å²) >= 11 is 0. The molecule has 1 aromatic rings. The van der Waals surface area contributed by atoms with Gasteiger partial charge in [-0.2, -0.15) is 0 Å². The molecular weight excluding hydrogens is 266 g/mol. The number of methoxy groups -OCH3 is 1. The maximum Gasteiger partial charge on any atom is 0.238 e. The number of anilines is 2. The van der Waals surface area contributed by atoms with Crippen molar-refractivity contribution in [2.24, 2.45) is 5.92 Å². The van der Waals surface area contributed by atoms with E-state index in [0.29, 0.717) is 35.6 Å². The minimum atomic E-state index is -0.0205. The Morgan fingerprint density at radius 1 is 1.43 bits per heavy atom. The number of carbonyl (C=O) groups excluding carboxylic acids is 1. The highest BCUT2D eigenvalue weighted by molar-refractivity contribution is 5.95. The van der Waals surface area contributed by atoms with E-state index in [1.807, 2.05) is 0 Å². The number of benzene rings is 1. The van der Waals surface area contributed by atoms with Gasteiger partial charge in [-0.25, -0.2) is 0 Å². The van der Waals surface area contributed by atoms with Gasteiger partial charge in [-0.15, -0.1) is 0 Å². The fraction of sp³-hybridized carbons (Fsp3) is 0.562. The Balaban J connectivity index is 1.95. The van der Waals surface area contributed by atoms with Crippen molar-refractivity contribution in [2.45, 2.75) is 32.7 Å². The van der Waals surface area contributed by atoms with Crippen LogP contribution in [0.2, 0.25) is 0 Å². The molecule has 0 saturated carbocycles. The third-order valence-electron chi connectivity index (χ3n) is 4.13. The Kier molecular flexibility index (Phi) is 5.07. The second kappa shape index (κ2) is 6.80. The Morgan fingerprint density at radius 2 is 2.19 bits per heavy atom. The summed E-state index contributed by atoms with van der Waals surface area (Å²) in [7, 11) is 1.59. The Labute approximate surface area is 126 Å². The van der Waals surface area contributed by atoms with Crippen LogP contribution in [-0.2, 0) is 4.79 Å². The highest BCUT2D eigenvalue weighted by atomic mass is 16.5. The molecule has 1 amide bonds. The van der Waals surface area contributed by atoms with Gasteiger partial charge in [0.25, 0.3) is 0 Å². The molecule has 3 N–H and O–H groups in total. The normalized spacial score (nSPS) is 22.8. The van der Waals surface area contributed by atoms with E-state index >= 15 is 0 Å². The van der Waals surface area contributed by atoms with Crippen LogP contribution in [0.15, 0.2) is 18.2 Å². The number of hydrogen-bond acceptors (Lipinski definition) is 4. The lowest BCUT2D eigenvalue weighted by atomic mass is 9.95. The summed E-state index contributed by atoms with van der Waals surface area (Å²) < 4.78 is 5.10. The fourth-order valence-electron chi connectivity index (χ4n) is 2.76. The largest absolute Gasteiger partial charge is 0.497 e. The van der Waals surface area contributed by atoms with E-state index in [1.54, 1.807) is 25.3 Å². The molecule has 1 fully saturated rings. The number of carbonyl (C=O) groups is 1. The molecule has 21 heavy (non-hydrogen) atoms. The van der Waals surface area contributed by atoms with Crippen molar-refractivity contribution in [3.05, 3.63) is 18.2 Å². The van der Waals surface area contributed by atoms with Gasteiger partial charge in [0, 0.05) is 18.7 Å². The van der Waals surface area contributed by atoms with Gasteiger partial charge >= 0.3 is 0 Å². The summed E-state index contributed by atoms with van der Waals surface area (Å²) in [5, 5.41) is 2.88. The minimum absolute atomic E-state index is 0.0205. The third kappa shape index (κ3) is 4.11. The van der Waals surface area contributed by atoms with Crippen LogP contribution in [0.1, 0.15) is 26.7 Å². The molecule has 0 bridgehead atoms. The first-order valence-corrected chi connectivity index (χ1v) is 7.47. The van der Waals surface area contributed by atoms with E-state index in [1.165, 1.54) is 6.42 Å². The van der Waals surface area contributed by atoms with Crippen LogP contribution in [0.5, 0.6) is 5.75 Å². The standard InChI is InChI=1S/C16H25N3O2/c1-11-4-5-12(2)19(9-11)10-16(20)18-15-7-6-13(21-3)8-14(15)17/h6-8,11-12H,4-5,9-10,17H2,1-3H3,(H,18,20). The molecule has 1 saturated heterocycles. The number of nitrogens with one attached hydrogen (secondary N) is 1. The lowest BCUT2D eigenvalue weighted by molar-refractivity contribution is -0.118. The molecule has 0 aliphatic carbocycles. The van der Waals surface area contributed by atoms with E-state index in [9.17, 15) is 4.79 Å². The zero-order valence-electron chi connectivity index (χ0n) is 13.1. The number of nitrogens with zero attached hydrogens (tertiary/aromatic N) is 1. The summed E-state index contributed by atoms with van der Waals surface area (Å²) in [4.78, 5) is 14.4. The molecular formula is C16H25N3O2. The van der Waals surface area contributed by atoms with Gasteiger partial charge in [-0.05, 0) is 37.8 Å². The molecule has 0 radical (unpaired) electrons. The van der Waals surface area contributed by atoms with Crippen LogP contribution in [-0.4, -0.2) is 37.0 Å². The summed E-state index contributed by atoms with van der Waals surface area (Å²) in [5.74, 6) is 1.32. The molecule has 1 heterocycles. The highest BCUT2D eigenvalue weighted by Gasteiger charge is 2.24. The highest BCUT2D eigenvalue weighted by Crippen LogP contribution is 2.25. The maximum absolute atomic E-state index is 12.2. The Morgan fingerprint density at radius 3 is 2.86 bits per heavy atom. The van der Waals surface area contributed by atoms with Gasteiger partial charge in [0.15, 0.2) is 0 Å². The van der Waals surface area contributed by atoms with Gasteiger partial charge in [-0.1, -0.05) is 6.92 Å². The second-order valence-electron chi connectivity index (χ2n) is 5.96. The third-order valence-corrected chi connectivity index (χ3v) is 4.13. The molecule has 2 rings (SSSR count). The number of rotatable bonds is 4. The van der Waals surface area contributed by atoms with Gasteiger partial charge in [0.2, 0.25) is 5.91 Å². The van der Waals surface area contributed by atoms with Crippen LogP contribution in [0, 0.1) is 5.92 Å². The van der Waals surface area contributed by atoms with E-state index in [2.05, 4.69) is 24.1 Å². The minimum Gasteiger partial charge on any atom is -0.497 e.